The van der Waals surface area contributed by atoms with E-state index < -0.39 is 22.0 Å². The van der Waals surface area contributed by atoms with Crippen molar-refractivity contribution in [2.75, 3.05) is 20.1 Å². The molecule has 1 unspecified atom stereocenters. The molecule has 2 aliphatic heterocycles. The van der Waals surface area contributed by atoms with E-state index in [2.05, 4.69) is 5.32 Å². The number of fused-ring (bicyclic) bond motifs is 1. The highest BCUT2D eigenvalue weighted by Crippen LogP contribution is 2.33. The molecule has 1 fully saturated rings. The molecule has 2 amide bonds. The van der Waals surface area contributed by atoms with Gasteiger partial charge in [0.2, 0.25) is 0 Å². The number of sulfonamides is 1. The van der Waals surface area contributed by atoms with Crippen molar-refractivity contribution in [3.05, 3.63) is 29.3 Å². The zero-order chi connectivity index (χ0) is 18.4. The second-order valence-electron chi connectivity index (χ2n) is 6.79. The van der Waals surface area contributed by atoms with E-state index in [1.807, 2.05) is 7.05 Å². The van der Waals surface area contributed by atoms with Gasteiger partial charge in [-0.15, -0.1) is 12.4 Å². The average Bonchev–Trinajstić information content (AvgIpc) is 2.80. The molecular weight excluding hydrogens is 378 g/mol. The van der Waals surface area contributed by atoms with Crippen LogP contribution in [-0.2, 0) is 10.0 Å². The highest BCUT2D eigenvalue weighted by molar-refractivity contribution is 7.90. The van der Waals surface area contributed by atoms with Gasteiger partial charge in [-0.1, -0.05) is 0 Å². The molecule has 1 aromatic rings. The summed E-state index contributed by atoms with van der Waals surface area (Å²) in [5, 5.41) is 3.18. The zero-order valence-corrected chi connectivity index (χ0v) is 16.7. The second-order valence-corrected chi connectivity index (χ2v) is 8.57. The number of piperidine rings is 1. The van der Waals surface area contributed by atoms with Gasteiger partial charge in [-0.3, -0.25) is 9.59 Å². The summed E-state index contributed by atoms with van der Waals surface area (Å²) in [6.07, 6.45) is 1.91. The number of likely N-dealkylation sites (tertiary alicyclic amines) is 1. The molecule has 1 atom stereocenters. The summed E-state index contributed by atoms with van der Waals surface area (Å²) in [7, 11) is -2.03. The summed E-state index contributed by atoms with van der Waals surface area (Å²) >= 11 is 0. The van der Waals surface area contributed by atoms with E-state index in [-0.39, 0.29) is 34.8 Å². The molecule has 0 aromatic heterocycles. The number of benzene rings is 1. The molecule has 9 heteroatoms. The smallest absolute Gasteiger partial charge is 0.269 e. The van der Waals surface area contributed by atoms with Crippen LogP contribution in [0.2, 0.25) is 0 Å². The lowest BCUT2D eigenvalue weighted by molar-refractivity contribution is 0.0697. The lowest BCUT2D eigenvalue weighted by atomic mass is 10.0. The van der Waals surface area contributed by atoms with Gasteiger partial charge in [-0.2, -0.15) is 0 Å². The van der Waals surface area contributed by atoms with E-state index in [1.54, 1.807) is 24.8 Å². The van der Waals surface area contributed by atoms with Crippen molar-refractivity contribution in [2.24, 2.45) is 0 Å². The van der Waals surface area contributed by atoms with Gasteiger partial charge in [0.25, 0.3) is 21.8 Å². The average molecular weight is 402 g/mol. The summed E-state index contributed by atoms with van der Waals surface area (Å²) in [4.78, 5) is 26.8. The number of hydrogen-bond donors (Lipinski definition) is 1. The fourth-order valence-electron chi connectivity index (χ4n) is 3.47. The Morgan fingerprint density at radius 1 is 1.31 bits per heavy atom. The first-order chi connectivity index (χ1) is 11.8. The number of rotatable bonds is 3. The largest absolute Gasteiger partial charge is 0.337 e. The molecule has 2 heterocycles. The fourth-order valence-corrected chi connectivity index (χ4v) is 5.26. The van der Waals surface area contributed by atoms with Gasteiger partial charge >= 0.3 is 0 Å². The lowest BCUT2D eigenvalue weighted by Crippen LogP contribution is -2.47. The highest BCUT2D eigenvalue weighted by Gasteiger charge is 2.43. The maximum atomic E-state index is 12.8. The first kappa shape index (κ1) is 20.7. The van der Waals surface area contributed by atoms with Gasteiger partial charge < -0.3 is 10.2 Å². The summed E-state index contributed by atoms with van der Waals surface area (Å²) in [6, 6.07) is 4.11. The third kappa shape index (κ3) is 3.33. The lowest BCUT2D eigenvalue weighted by Gasteiger charge is -2.32. The van der Waals surface area contributed by atoms with E-state index in [0.717, 1.165) is 17.1 Å². The molecule has 144 valence electrons. The Morgan fingerprint density at radius 2 is 2.00 bits per heavy atom. The number of carbonyl (C=O) groups is 2. The van der Waals surface area contributed by atoms with Crippen molar-refractivity contribution in [2.45, 2.75) is 43.7 Å². The molecule has 0 spiro atoms. The van der Waals surface area contributed by atoms with Crippen LogP contribution in [0.15, 0.2) is 23.1 Å². The van der Waals surface area contributed by atoms with Crippen LogP contribution in [0.4, 0.5) is 0 Å². The van der Waals surface area contributed by atoms with Crippen molar-refractivity contribution >= 4 is 34.2 Å². The number of likely N-dealkylation sites (N-methyl/N-ethyl adjacent to an activating group) is 1. The van der Waals surface area contributed by atoms with Crippen LogP contribution < -0.4 is 5.32 Å². The van der Waals surface area contributed by atoms with E-state index >= 15 is 0 Å². The fraction of sp³-hybridized carbons (Fsp3) is 0.529. The van der Waals surface area contributed by atoms with Gasteiger partial charge in [0.15, 0.2) is 0 Å². The summed E-state index contributed by atoms with van der Waals surface area (Å²) < 4.78 is 26.2. The van der Waals surface area contributed by atoms with Crippen molar-refractivity contribution in [1.29, 1.82) is 0 Å². The van der Waals surface area contributed by atoms with Gasteiger partial charge in [-0.25, -0.2) is 12.7 Å². The summed E-state index contributed by atoms with van der Waals surface area (Å²) in [6.45, 7) is 4.55. The minimum atomic E-state index is -3.90. The van der Waals surface area contributed by atoms with Crippen LogP contribution in [0, 0.1) is 0 Å². The molecule has 3 rings (SSSR count). The SMILES string of the molecule is CNC1CCCN(C(=O)c2ccc3c(c2)S(=O)(=O)N(C(C)C)C3=O)C1.Cl. The van der Waals surface area contributed by atoms with Crippen LogP contribution in [0.25, 0.3) is 0 Å². The Hall–Kier alpha value is -1.64. The Labute approximate surface area is 160 Å². The molecule has 1 N–H and O–H groups in total. The maximum Gasteiger partial charge on any atom is 0.269 e. The maximum absolute atomic E-state index is 12.8. The number of nitrogens with one attached hydrogen (secondary N) is 1. The minimum Gasteiger partial charge on any atom is -0.337 e. The molecule has 0 radical (unpaired) electrons. The molecule has 2 aliphatic rings. The quantitative estimate of drug-likeness (QED) is 0.829. The number of halogens is 1. The van der Waals surface area contributed by atoms with Crippen molar-refractivity contribution in [1.82, 2.24) is 14.5 Å². The first-order valence-electron chi connectivity index (χ1n) is 8.46. The van der Waals surface area contributed by atoms with Crippen LogP contribution in [0.5, 0.6) is 0 Å². The standard InChI is InChI=1S/C17H23N3O4S.ClH/c1-11(2)20-17(22)14-7-6-12(9-15(14)25(20,23)24)16(21)19-8-4-5-13(10-19)18-3;/h6-7,9,11,13,18H,4-5,8,10H2,1-3H3;1H. The minimum absolute atomic E-state index is 0. The molecule has 0 bridgehead atoms. The molecule has 0 saturated carbocycles. The van der Waals surface area contributed by atoms with Gasteiger partial charge in [0.05, 0.1) is 5.56 Å². The second kappa shape index (κ2) is 7.54. The molecule has 1 aromatic carbocycles. The number of hydrogen-bond acceptors (Lipinski definition) is 5. The van der Waals surface area contributed by atoms with Crippen molar-refractivity contribution < 1.29 is 18.0 Å². The van der Waals surface area contributed by atoms with Crippen LogP contribution >= 0.6 is 12.4 Å². The summed E-state index contributed by atoms with van der Waals surface area (Å²) in [5.74, 6) is -0.731. The van der Waals surface area contributed by atoms with Crippen LogP contribution in [0.3, 0.4) is 0 Å². The van der Waals surface area contributed by atoms with Gasteiger partial charge in [0.1, 0.15) is 4.90 Å². The van der Waals surface area contributed by atoms with Crippen LogP contribution in [-0.4, -0.2) is 61.7 Å². The van der Waals surface area contributed by atoms with Crippen molar-refractivity contribution in [3.8, 4) is 0 Å². The van der Waals surface area contributed by atoms with E-state index in [4.69, 9.17) is 0 Å². The van der Waals surface area contributed by atoms with E-state index in [0.29, 0.717) is 18.7 Å². The Bertz CT molecular complexity index is 825. The Morgan fingerprint density at radius 3 is 2.62 bits per heavy atom. The number of amides is 2. The topological polar surface area (TPSA) is 86.8 Å². The van der Waals surface area contributed by atoms with Gasteiger partial charge in [-0.05, 0) is 51.9 Å². The molecule has 0 aliphatic carbocycles. The number of nitrogens with zero attached hydrogens (tertiary/aromatic N) is 2. The van der Waals surface area contributed by atoms with E-state index in [1.165, 1.54) is 12.1 Å². The monoisotopic (exact) mass is 401 g/mol. The van der Waals surface area contributed by atoms with Gasteiger partial charge in [0, 0.05) is 30.7 Å². The molecular formula is C17H24ClN3O4S. The van der Waals surface area contributed by atoms with Crippen LogP contribution in [0.1, 0.15) is 47.4 Å². The van der Waals surface area contributed by atoms with E-state index in [9.17, 15) is 18.0 Å². The first-order valence-corrected chi connectivity index (χ1v) is 9.90. The predicted molar refractivity (Wildman–Crippen MR) is 100 cm³/mol. The molecule has 1 saturated heterocycles. The number of carbonyl (C=O) groups excluding carboxylic acids is 2. The predicted octanol–water partition coefficient (Wildman–Crippen LogP) is 1.49. The normalized spacial score (nSPS) is 21.5. The Kier molecular flexibility index (Phi) is 5.99. The van der Waals surface area contributed by atoms with Crippen molar-refractivity contribution in [3.63, 3.8) is 0 Å². The third-order valence-electron chi connectivity index (χ3n) is 4.78. The summed E-state index contributed by atoms with van der Waals surface area (Å²) in [5.41, 5.74) is 0.439. The Balaban J connectivity index is 0.00000243. The highest BCUT2D eigenvalue weighted by atomic mass is 35.5. The molecule has 26 heavy (non-hydrogen) atoms. The third-order valence-corrected chi connectivity index (χ3v) is 6.78. The molecule has 7 nitrogen and oxygen atoms in total. The zero-order valence-electron chi connectivity index (χ0n) is 15.1.